The van der Waals surface area contributed by atoms with E-state index in [0.29, 0.717) is 18.7 Å². The van der Waals surface area contributed by atoms with Crippen molar-refractivity contribution in [3.05, 3.63) is 53.6 Å². The molecule has 0 aromatic heterocycles. The minimum atomic E-state index is -3.48. The number of hydrogen-bond donors (Lipinski definition) is 0. The van der Waals surface area contributed by atoms with Gasteiger partial charge in [0.15, 0.2) is 6.61 Å². The molecule has 26 heavy (non-hydrogen) atoms. The molecule has 0 radical (unpaired) electrons. The van der Waals surface area contributed by atoms with E-state index in [4.69, 9.17) is 4.74 Å². The lowest BCUT2D eigenvalue weighted by atomic mass is 10.2. The molecule has 2 aromatic rings. The van der Waals surface area contributed by atoms with Crippen LogP contribution in [0.1, 0.15) is 11.1 Å². The van der Waals surface area contributed by atoms with E-state index in [9.17, 15) is 13.2 Å². The molecule has 1 aliphatic rings. The standard InChI is InChI=1S/C19H22N2O4S/c1-14-5-4-6-16(11-14)25-13-19(22)21-10-9-15-12-17(7-8-18(15)21)26(23,24)20(2)3/h4-8,11-12H,9-10,13H2,1-3H3. The molecule has 1 heterocycles. The van der Waals surface area contributed by atoms with Gasteiger partial charge in [-0.2, -0.15) is 0 Å². The quantitative estimate of drug-likeness (QED) is 0.805. The molecular weight excluding hydrogens is 352 g/mol. The first-order valence-electron chi connectivity index (χ1n) is 8.34. The first-order valence-corrected chi connectivity index (χ1v) is 9.78. The molecule has 6 nitrogen and oxygen atoms in total. The van der Waals surface area contributed by atoms with Crippen LogP contribution in [0.5, 0.6) is 5.75 Å². The maximum atomic E-state index is 12.5. The second-order valence-electron chi connectivity index (χ2n) is 6.48. The molecular formula is C19H22N2O4S. The van der Waals surface area contributed by atoms with Crippen molar-refractivity contribution in [3.8, 4) is 5.75 Å². The van der Waals surface area contributed by atoms with Gasteiger partial charge in [0.05, 0.1) is 4.90 Å². The SMILES string of the molecule is Cc1cccc(OCC(=O)N2CCc3cc(S(=O)(=O)N(C)C)ccc32)c1. The van der Waals surface area contributed by atoms with Gasteiger partial charge < -0.3 is 9.64 Å². The van der Waals surface area contributed by atoms with E-state index in [2.05, 4.69) is 0 Å². The predicted molar refractivity (Wildman–Crippen MR) is 100 cm³/mol. The zero-order valence-corrected chi connectivity index (χ0v) is 15.9. The fraction of sp³-hybridized carbons (Fsp3) is 0.316. The van der Waals surface area contributed by atoms with Crippen molar-refractivity contribution in [2.45, 2.75) is 18.2 Å². The highest BCUT2D eigenvalue weighted by Crippen LogP contribution is 2.31. The summed E-state index contributed by atoms with van der Waals surface area (Å²) in [6.07, 6.45) is 0.627. The van der Waals surface area contributed by atoms with Crippen molar-refractivity contribution < 1.29 is 17.9 Å². The number of carbonyl (C=O) groups is 1. The number of aryl methyl sites for hydroxylation is 1. The van der Waals surface area contributed by atoms with Crippen LogP contribution in [-0.4, -0.2) is 45.9 Å². The van der Waals surface area contributed by atoms with Crippen LogP contribution in [0.15, 0.2) is 47.4 Å². The number of sulfonamides is 1. The number of nitrogens with zero attached hydrogens (tertiary/aromatic N) is 2. The van der Waals surface area contributed by atoms with E-state index in [1.54, 1.807) is 23.1 Å². The van der Waals surface area contributed by atoms with E-state index < -0.39 is 10.0 Å². The largest absolute Gasteiger partial charge is 0.484 e. The van der Waals surface area contributed by atoms with Gasteiger partial charge >= 0.3 is 0 Å². The van der Waals surface area contributed by atoms with Crippen molar-refractivity contribution in [1.29, 1.82) is 0 Å². The van der Waals surface area contributed by atoms with Gasteiger partial charge in [-0.1, -0.05) is 12.1 Å². The Morgan fingerprint density at radius 3 is 2.65 bits per heavy atom. The second kappa shape index (κ2) is 7.09. The molecule has 0 spiro atoms. The lowest BCUT2D eigenvalue weighted by Gasteiger charge is -2.18. The summed E-state index contributed by atoms with van der Waals surface area (Å²) in [4.78, 5) is 14.4. The number of carbonyl (C=O) groups excluding carboxylic acids is 1. The maximum absolute atomic E-state index is 12.5. The van der Waals surface area contributed by atoms with Crippen molar-refractivity contribution in [3.63, 3.8) is 0 Å². The third-order valence-electron chi connectivity index (χ3n) is 4.38. The summed E-state index contributed by atoms with van der Waals surface area (Å²) in [5, 5.41) is 0. The zero-order valence-electron chi connectivity index (χ0n) is 15.1. The van der Waals surface area contributed by atoms with Gasteiger partial charge in [-0.3, -0.25) is 4.79 Å². The molecule has 3 rings (SSSR count). The topological polar surface area (TPSA) is 66.9 Å². The predicted octanol–water partition coefficient (Wildman–Crippen LogP) is 2.21. The van der Waals surface area contributed by atoms with E-state index in [1.165, 1.54) is 18.4 Å². The number of fused-ring (bicyclic) bond motifs is 1. The summed E-state index contributed by atoms with van der Waals surface area (Å²) in [6.45, 7) is 2.43. The fourth-order valence-corrected chi connectivity index (χ4v) is 3.89. The van der Waals surface area contributed by atoms with E-state index in [1.807, 2.05) is 31.2 Å². The van der Waals surface area contributed by atoms with Crippen LogP contribution >= 0.6 is 0 Å². The third kappa shape index (κ3) is 3.59. The van der Waals surface area contributed by atoms with Crippen LogP contribution in [-0.2, 0) is 21.2 Å². The normalized spacial score (nSPS) is 13.8. The summed E-state index contributed by atoms with van der Waals surface area (Å²) in [5.74, 6) is 0.513. The van der Waals surface area contributed by atoms with E-state index in [0.717, 1.165) is 16.8 Å². The molecule has 0 aliphatic carbocycles. The highest BCUT2D eigenvalue weighted by molar-refractivity contribution is 7.89. The average Bonchev–Trinajstić information content (AvgIpc) is 3.03. The minimum absolute atomic E-state index is 0.0549. The molecule has 0 atom stereocenters. The van der Waals surface area contributed by atoms with Gasteiger partial charge in [0.1, 0.15) is 5.75 Å². The number of benzene rings is 2. The van der Waals surface area contributed by atoms with Gasteiger partial charge in [0, 0.05) is 26.3 Å². The smallest absolute Gasteiger partial charge is 0.264 e. The number of anilines is 1. The molecule has 2 aromatic carbocycles. The Kier molecular flexibility index (Phi) is 5.02. The number of hydrogen-bond acceptors (Lipinski definition) is 4. The van der Waals surface area contributed by atoms with Crippen LogP contribution in [0.4, 0.5) is 5.69 Å². The zero-order chi connectivity index (χ0) is 18.9. The molecule has 0 saturated heterocycles. The maximum Gasteiger partial charge on any atom is 0.264 e. The van der Waals surface area contributed by atoms with Crippen LogP contribution in [0, 0.1) is 6.92 Å². The first kappa shape index (κ1) is 18.4. The molecule has 0 unspecified atom stereocenters. The Labute approximate surface area is 154 Å². The average molecular weight is 374 g/mol. The van der Waals surface area contributed by atoms with Crippen molar-refractivity contribution >= 4 is 21.6 Å². The highest BCUT2D eigenvalue weighted by atomic mass is 32.2. The highest BCUT2D eigenvalue weighted by Gasteiger charge is 2.27. The molecule has 0 N–H and O–H groups in total. The summed E-state index contributed by atoms with van der Waals surface area (Å²) in [5.41, 5.74) is 2.67. The summed E-state index contributed by atoms with van der Waals surface area (Å²) in [6, 6.07) is 12.4. The van der Waals surface area contributed by atoms with Gasteiger partial charge in [-0.15, -0.1) is 0 Å². The van der Waals surface area contributed by atoms with Gasteiger partial charge in [0.2, 0.25) is 10.0 Å². The molecule has 1 amide bonds. The Balaban J connectivity index is 1.74. The summed E-state index contributed by atoms with van der Waals surface area (Å²) < 4.78 is 31.3. The van der Waals surface area contributed by atoms with Crippen LogP contribution < -0.4 is 9.64 Å². The number of rotatable bonds is 5. The molecule has 1 aliphatic heterocycles. The van der Waals surface area contributed by atoms with Crippen molar-refractivity contribution in [1.82, 2.24) is 4.31 Å². The van der Waals surface area contributed by atoms with Crippen LogP contribution in [0.3, 0.4) is 0 Å². The van der Waals surface area contributed by atoms with E-state index >= 15 is 0 Å². The molecule has 138 valence electrons. The summed E-state index contributed by atoms with van der Waals surface area (Å²) in [7, 11) is -0.479. The number of amides is 1. The van der Waals surface area contributed by atoms with Gasteiger partial charge in [0.25, 0.3) is 5.91 Å². The van der Waals surface area contributed by atoms with Crippen molar-refractivity contribution in [2.75, 3.05) is 32.1 Å². The van der Waals surface area contributed by atoms with Crippen molar-refractivity contribution in [2.24, 2.45) is 0 Å². The molecule has 0 saturated carbocycles. The molecule has 0 bridgehead atoms. The lowest BCUT2D eigenvalue weighted by molar-refractivity contribution is -0.120. The first-order chi connectivity index (χ1) is 12.3. The Morgan fingerprint density at radius 1 is 1.19 bits per heavy atom. The lowest BCUT2D eigenvalue weighted by Crippen LogP contribution is -2.33. The van der Waals surface area contributed by atoms with Crippen LogP contribution in [0.2, 0.25) is 0 Å². The fourth-order valence-electron chi connectivity index (χ4n) is 2.94. The second-order valence-corrected chi connectivity index (χ2v) is 8.63. The Bertz CT molecular complexity index is 938. The Hall–Kier alpha value is -2.38. The number of ether oxygens (including phenoxy) is 1. The monoisotopic (exact) mass is 374 g/mol. The summed E-state index contributed by atoms with van der Waals surface area (Å²) >= 11 is 0. The Morgan fingerprint density at radius 2 is 1.96 bits per heavy atom. The molecule has 0 fully saturated rings. The molecule has 7 heteroatoms. The van der Waals surface area contributed by atoms with Crippen LogP contribution in [0.25, 0.3) is 0 Å². The van der Waals surface area contributed by atoms with Gasteiger partial charge in [-0.05, 0) is 54.8 Å². The van der Waals surface area contributed by atoms with Gasteiger partial charge in [-0.25, -0.2) is 12.7 Å². The van der Waals surface area contributed by atoms with E-state index in [-0.39, 0.29) is 17.4 Å². The third-order valence-corrected chi connectivity index (χ3v) is 6.19. The minimum Gasteiger partial charge on any atom is -0.484 e.